The van der Waals surface area contributed by atoms with Gasteiger partial charge in [0.05, 0.1) is 6.54 Å². The van der Waals surface area contributed by atoms with Gasteiger partial charge in [0.25, 0.3) is 0 Å². The number of phenols is 1. The van der Waals surface area contributed by atoms with Crippen molar-refractivity contribution in [1.82, 2.24) is 5.32 Å². The lowest BCUT2D eigenvalue weighted by Gasteiger charge is -2.16. The highest BCUT2D eigenvalue weighted by atomic mass is 19.4. The second kappa shape index (κ2) is 4.69. The number of aromatic hydroxyl groups is 1. The van der Waals surface area contributed by atoms with Gasteiger partial charge in [-0.3, -0.25) is 0 Å². The SMILES string of the molecule is CC(NCC(F)(F)F)c1ccc(F)cc1O. The monoisotopic (exact) mass is 237 g/mol. The molecule has 0 aliphatic carbocycles. The Labute approximate surface area is 89.9 Å². The second-order valence-electron chi connectivity index (χ2n) is 3.42. The van der Waals surface area contributed by atoms with Gasteiger partial charge in [0.2, 0.25) is 0 Å². The molecule has 0 saturated heterocycles. The number of hydrogen-bond donors (Lipinski definition) is 2. The first kappa shape index (κ1) is 12.8. The average Bonchev–Trinajstić information content (AvgIpc) is 2.13. The Morgan fingerprint density at radius 3 is 2.50 bits per heavy atom. The van der Waals surface area contributed by atoms with E-state index in [1.807, 2.05) is 0 Å². The number of rotatable bonds is 3. The summed E-state index contributed by atoms with van der Waals surface area (Å²) in [4.78, 5) is 0. The first-order chi connectivity index (χ1) is 7.29. The first-order valence-electron chi connectivity index (χ1n) is 4.58. The quantitative estimate of drug-likeness (QED) is 0.792. The Morgan fingerprint density at radius 2 is 2.00 bits per heavy atom. The minimum Gasteiger partial charge on any atom is -0.508 e. The Balaban J connectivity index is 2.70. The molecule has 16 heavy (non-hydrogen) atoms. The van der Waals surface area contributed by atoms with Crippen LogP contribution in [0.1, 0.15) is 18.5 Å². The molecule has 2 nitrogen and oxygen atoms in total. The first-order valence-corrected chi connectivity index (χ1v) is 4.58. The summed E-state index contributed by atoms with van der Waals surface area (Å²) in [6, 6.07) is 2.49. The zero-order valence-electron chi connectivity index (χ0n) is 8.48. The van der Waals surface area contributed by atoms with Crippen LogP contribution in [0.5, 0.6) is 5.75 Å². The van der Waals surface area contributed by atoms with Gasteiger partial charge in [-0.1, -0.05) is 6.07 Å². The van der Waals surface area contributed by atoms with E-state index in [1.165, 1.54) is 13.0 Å². The molecule has 6 heteroatoms. The van der Waals surface area contributed by atoms with E-state index in [9.17, 15) is 22.7 Å². The molecular formula is C10H11F4NO. The Bertz CT molecular complexity index is 364. The molecule has 1 aromatic rings. The lowest BCUT2D eigenvalue weighted by Crippen LogP contribution is -2.30. The van der Waals surface area contributed by atoms with Crippen molar-refractivity contribution in [1.29, 1.82) is 0 Å². The van der Waals surface area contributed by atoms with Gasteiger partial charge >= 0.3 is 6.18 Å². The lowest BCUT2D eigenvalue weighted by atomic mass is 10.1. The number of benzene rings is 1. The van der Waals surface area contributed by atoms with E-state index in [-0.39, 0.29) is 11.3 Å². The van der Waals surface area contributed by atoms with E-state index >= 15 is 0 Å². The van der Waals surface area contributed by atoms with Crippen LogP contribution in [0.15, 0.2) is 18.2 Å². The molecule has 0 amide bonds. The molecule has 1 aromatic carbocycles. The molecule has 1 unspecified atom stereocenters. The van der Waals surface area contributed by atoms with Crippen molar-refractivity contribution >= 4 is 0 Å². The van der Waals surface area contributed by atoms with E-state index in [2.05, 4.69) is 5.32 Å². The fraction of sp³-hybridized carbons (Fsp3) is 0.400. The van der Waals surface area contributed by atoms with Gasteiger partial charge in [-0.2, -0.15) is 13.2 Å². The summed E-state index contributed by atoms with van der Waals surface area (Å²) in [6.45, 7) is 0.295. The minimum atomic E-state index is -4.32. The number of alkyl halides is 3. The number of nitrogens with one attached hydrogen (secondary N) is 1. The summed E-state index contributed by atoms with van der Waals surface area (Å²) in [6.07, 6.45) is -4.32. The summed E-state index contributed by atoms with van der Waals surface area (Å²) < 4.78 is 48.4. The van der Waals surface area contributed by atoms with Gasteiger partial charge in [0.15, 0.2) is 0 Å². The van der Waals surface area contributed by atoms with Crippen LogP contribution in [-0.2, 0) is 0 Å². The van der Waals surface area contributed by atoms with Gasteiger partial charge in [-0.25, -0.2) is 4.39 Å². The molecule has 0 radical (unpaired) electrons. The molecule has 0 heterocycles. The summed E-state index contributed by atoms with van der Waals surface area (Å²) in [5.74, 6) is -0.994. The molecule has 90 valence electrons. The fourth-order valence-corrected chi connectivity index (χ4v) is 1.26. The van der Waals surface area contributed by atoms with Crippen LogP contribution in [0.2, 0.25) is 0 Å². The van der Waals surface area contributed by atoms with Crippen LogP contribution in [0.25, 0.3) is 0 Å². The minimum absolute atomic E-state index is 0.227. The van der Waals surface area contributed by atoms with Crippen LogP contribution in [0, 0.1) is 5.82 Å². The zero-order valence-corrected chi connectivity index (χ0v) is 8.48. The molecule has 0 saturated carbocycles. The summed E-state index contributed by atoms with van der Waals surface area (Å²) in [7, 11) is 0. The topological polar surface area (TPSA) is 32.3 Å². The standard InChI is InChI=1S/C10H11F4NO/c1-6(15-5-10(12,13)14)8-3-2-7(11)4-9(8)16/h2-4,6,15-16H,5H2,1H3. The summed E-state index contributed by atoms with van der Waals surface area (Å²) in [5, 5.41) is 11.5. The van der Waals surface area contributed by atoms with Crippen molar-refractivity contribution in [2.45, 2.75) is 19.1 Å². The predicted molar refractivity (Wildman–Crippen MR) is 50.5 cm³/mol. The summed E-state index contributed by atoms with van der Waals surface area (Å²) in [5.41, 5.74) is 0.227. The van der Waals surface area contributed by atoms with Gasteiger partial charge < -0.3 is 10.4 Å². The maximum absolute atomic E-state index is 12.6. The van der Waals surface area contributed by atoms with Crippen molar-refractivity contribution in [2.24, 2.45) is 0 Å². The second-order valence-corrected chi connectivity index (χ2v) is 3.42. The molecule has 1 atom stereocenters. The highest BCUT2D eigenvalue weighted by molar-refractivity contribution is 5.34. The van der Waals surface area contributed by atoms with Crippen molar-refractivity contribution in [2.75, 3.05) is 6.54 Å². The Morgan fingerprint density at radius 1 is 1.38 bits per heavy atom. The molecule has 1 rings (SSSR count). The smallest absolute Gasteiger partial charge is 0.401 e. The van der Waals surface area contributed by atoms with Crippen LogP contribution >= 0.6 is 0 Å². The predicted octanol–water partition coefficient (Wildman–Crippen LogP) is 2.74. The van der Waals surface area contributed by atoms with Crippen molar-refractivity contribution in [3.05, 3.63) is 29.6 Å². The van der Waals surface area contributed by atoms with E-state index in [0.717, 1.165) is 12.1 Å². The maximum atomic E-state index is 12.6. The van der Waals surface area contributed by atoms with Gasteiger partial charge in [-0.15, -0.1) is 0 Å². The Kier molecular flexibility index (Phi) is 3.74. The number of phenolic OH excluding ortho intramolecular Hbond substituents is 1. The maximum Gasteiger partial charge on any atom is 0.401 e. The van der Waals surface area contributed by atoms with Crippen molar-refractivity contribution in [3.63, 3.8) is 0 Å². The van der Waals surface area contributed by atoms with Gasteiger partial charge in [0.1, 0.15) is 11.6 Å². The zero-order chi connectivity index (χ0) is 12.3. The van der Waals surface area contributed by atoms with E-state index < -0.39 is 24.6 Å². The van der Waals surface area contributed by atoms with Gasteiger partial charge in [0, 0.05) is 17.7 Å². The normalized spacial score (nSPS) is 13.8. The third-order valence-electron chi connectivity index (χ3n) is 2.07. The third-order valence-corrected chi connectivity index (χ3v) is 2.07. The number of hydrogen-bond acceptors (Lipinski definition) is 2. The third kappa shape index (κ3) is 3.69. The highest BCUT2D eigenvalue weighted by Crippen LogP contribution is 2.25. The molecule has 0 aromatic heterocycles. The van der Waals surface area contributed by atoms with E-state index in [1.54, 1.807) is 0 Å². The van der Waals surface area contributed by atoms with Crippen LogP contribution in [0.4, 0.5) is 17.6 Å². The van der Waals surface area contributed by atoms with E-state index in [0.29, 0.717) is 0 Å². The molecule has 0 fully saturated rings. The Hall–Kier alpha value is -1.30. The highest BCUT2D eigenvalue weighted by Gasteiger charge is 2.27. The van der Waals surface area contributed by atoms with Crippen LogP contribution < -0.4 is 5.32 Å². The molecule has 0 aliphatic heterocycles. The average molecular weight is 237 g/mol. The van der Waals surface area contributed by atoms with Crippen LogP contribution in [0.3, 0.4) is 0 Å². The summed E-state index contributed by atoms with van der Waals surface area (Å²) >= 11 is 0. The molecule has 0 spiro atoms. The van der Waals surface area contributed by atoms with Gasteiger partial charge in [-0.05, 0) is 13.0 Å². The fourth-order valence-electron chi connectivity index (χ4n) is 1.26. The largest absolute Gasteiger partial charge is 0.508 e. The lowest BCUT2D eigenvalue weighted by molar-refractivity contribution is -0.126. The van der Waals surface area contributed by atoms with Crippen LogP contribution in [-0.4, -0.2) is 17.8 Å². The van der Waals surface area contributed by atoms with Crippen molar-refractivity contribution < 1.29 is 22.7 Å². The molecule has 0 aliphatic rings. The number of halogens is 4. The molecule has 2 N–H and O–H groups in total. The van der Waals surface area contributed by atoms with E-state index in [4.69, 9.17) is 0 Å². The molecule has 0 bridgehead atoms. The van der Waals surface area contributed by atoms with Crippen molar-refractivity contribution in [3.8, 4) is 5.75 Å². The molecular weight excluding hydrogens is 226 g/mol.